The molecule has 0 aromatic rings. The van der Waals surface area contributed by atoms with E-state index in [1.54, 1.807) is 6.92 Å². The fourth-order valence-corrected chi connectivity index (χ4v) is 3.43. The molecular weight excluding hydrogens is 198 g/mol. The highest BCUT2D eigenvalue weighted by Crippen LogP contribution is 2.28. The smallest absolute Gasteiger partial charge is 0.151 e. The Bertz CT molecular complexity index is 255. The van der Waals surface area contributed by atoms with E-state index in [4.69, 9.17) is 0 Å². The van der Waals surface area contributed by atoms with E-state index in [1.807, 2.05) is 7.05 Å². The van der Waals surface area contributed by atoms with E-state index in [9.17, 15) is 8.42 Å². The highest BCUT2D eigenvalue weighted by Gasteiger charge is 2.27. The standard InChI is InChI=1S/C10H21NO2S/c1-3-14(12,13)8-10(11-2)9-6-4-5-7-9/h9-11H,3-8H2,1-2H3. The van der Waals surface area contributed by atoms with Gasteiger partial charge >= 0.3 is 0 Å². The van der Waals surface area contributed by atoms with Crippen LogP contribution in [0.15, 0.2) is 0 Å². The molecule has 1 atom stereocenters. The molecule has 1 fully saturated rings. The van der Waals surface area contributed by atoms with Gasteiger partial charge < -0.3 is 5.32 Å². The third-order valence-corrected chi connectivity index (χ3v) is 4.96. The van der Waals surface area contributed by atoms with E-state index in [0.717, 1.165) is 0 Å². The summed E-state index contributed by atoms with van der Waals surface area (Å²) in [6.45, 7) is 1.72. The van der Waals surface area contributed by atoms with Crippen molar-refractivity contribution in [3.63, 3.8) is 0 Å². The highest BCUT2D eigenvalue weighted by molar-refractivity contribution is 7.91. The number of hydrogen-bond donors (Lipinski definition) is 1. The normalized spacial score (nSPS) is 21.3. The lowest BCUT2D eigenvalue weighted by atomic mass is 10.0. The Hall–Kier alpha value is -0.0900. The summed E-state index contributed by atoms with van der Waals surface area (Å²) in [7, 11) is -0.962. The zero-order valence-electron chi connectivity index (χ0n) is 9.12. The molecule has 1 unspecified atom stereocenters. The predicted octanol–water partition coefficient (Wildman–Crippen LogP) is 1.20. The Balaban J connectivity index is 2.54. The molecule has 3 nitrogen and oxygen atoms in total. The molecule has 0 bridgehead atoms. The van der Waals surface area contributed by atoms with Crippen molar-refractivity contribution in [2.45, 2.75) is 38.6 Å². The molecule has 0 aromatic carbocycles. The number of nitrogens with one attached hydrogen (secondary N) is 1. The zero-order chi connectivity index (χ0) is 10.6. The summed E-state index contributed by atoms with van der Waals surface area (Å²) < 4.78 is 23.0. The van der Waals surface area contributed by atoms with Crippen LogP contribution in [0.5, 0.6) is 0 Å². The summed E-state index contributed by atoms with van der Waals surface area (Å²) in [6, 6.07) is 0.169. The summed E-state index contributed by atoms with van der Waals surface area (Å²) in [4.78, 5) is 0. The molecule has 1 saturated carbocycles. The molecule has 0 radical (unpaired) electrons. The number of hydrogen-bond acceptors (Lipinski definition) is 3. The topological polar surface area (TPSA) is 46.2 Å². The average molecular weight is 219 g/mol. The van der Waals surface area contributed by atoms with Gasteiger partial charge in [-0.3, -0.25) is 0 Å². The lowest BCUT2D eigenvalue weighted by molar-refractivity contribution is 0.404. The van der Waals surface area contributed by atoms with Crippen LogP contribution < -0.4 is 5.32 Å². The second-order valence-corrected chi connectivity index (χ2v) is 6.54. The Labute approximate surface area is 87.2 Å². The van der Waals surface area contributed by atoms with Crippen LogP contribution in [-0.4, -0.2) is 33.0 Å². The van der Waals surface area contributed by atoms with E-state index < -0.39 is 9.84 Å². The van der Waals surface area contributed by atoms with Gasteiger partial charge in [0.15, 0.2) is 9.84 Å². The summed E-state index contributed by atoms with van der Waals surface area (Å²) >= 11 is 0. The first kappa shape index (κ1) is 12.0. The SMILES string of the molecule is CCS(=O)(=O)CC(NC)C1CCCC1. The van der Waals surface area contributed by atoms with Gasteiger partial charge in [0.05, 0.1) is 5.75 Å². The van der Waals surface area contributed by atoms with Crippen LogP contribution in [0.4, 0.5) is 0 Å². The minimum atomic E-state index is -2.83. The van der Waals surface area contributed by atoms with Crippen LogP contribution in [0.2, 0.25) is 0 Å². The summed E-state index contributed by atoms with van der Waals surface area (Å²) in [6.07, 6.45) is 4.89. The molecule has 84 valence electrons. The molecule has 1 aliphatic rings. The van der Waals surface area contributed by atoms with Gasteiger partial charge in [0, 0.05) is 11.8 Å². The molecule has 1 aliphatic carbocycles. The third kappa shape index (κ3) is 3.24. The minimum absolute atomic E-state index is 0.169. The molecule has 1 rings (SSSR count). The van der Waals surface area contributed by atoms with Crippen molar-refractivity contribution in [1.82, 2.24) is 5.32 Å². The van der Waals surface area contributed by atoms with Gasteiger partial charge in [-0.05, 0) is 25.8 Å². The molecular formula is C10H21NO2S. The maximum Gasteiger partial charge on any atom is 0.151 e. The summed E-state index contributed by atoms with van der Waals surface area (Å²) in [5.74, 6) is 1.14. The van der Waals surface area contributed by atoms with Gasteiger partial charge in [-0.15, -0.1) is 0 Å². The number of rotatable bonds is 5. The van der Waals surface area contributed by atoms with E-state index in [0.29, 0.717) is 11.7 Å². The van der Waals surface area contributed by atoms with Crippen LogP contribution in [-0.2, 0) is 9.84 Å². The number of sulfone groups is 1. The van der Waals surface area contributed by atoms with Crippen LogP contribution in [0, 0.1) is 5.92 Å². The Kier molecular flexibility index (Phi) is 4.38. The minimum Gasteiger partial charge on any atom is -0.316 e. The summed E-state index contributed by atoms with van der Waals surface area (Å²) in [5.41, 5.74) is 0. The molecule has 0 amide bonds. The van der Waals surface area contributed by atoms with E-state index in [2.05, 4.69) is 5.32 Å². The lowest BCUT2D eigenvalue weighted by Crippen LogP contribution is -2.39. The van der Waals surface area contributed by atoms with Gasteiger partial charge in [-0.1, -0.05) is 19.8 Å². The zero-order valence-corrected chi connectivity index (χ0v) is 9.94. The largest absolute Gasteiger partial charge is 0.316 e. The van der Waals surface area contributed by atoms with Crippen molar-refractivity contribution >= 4 is 9.84 Å². The first-order valence-electron chi connectivity index (χ1n) is 5.46. The monoisotopic (exact) mass is 219 g/mol. The highest BCUT2D eigenvalue weighted by atomic mass is 32.2. The second-order valence-electron chi connectivity index (χ2n) is 4.14. The molecule has 0 heterocycles. The van der Waals surface area contributed by atoms with Crippen molar-refractivity contribution in [3.05, 3.63) is 0 Å². The second kappa shape index (κ2) is 5.12. The van der Waals surface area contributed by atoms with Gasteiger partial charge in [-0.25, -0.2) is 8.42 Å². The van der Waals surface area contributed by atoms with E-state index in [-0.39, 0.29) is 11.8 Å². The molecule has 0 saturated heterocycles. The van der Waals surface area contributed by atoms with E-state index in [1.165, 1.54) is 25.7 Å². The summed E-state index contributed by atoms with van der Waals surface area (Å²) in [5, 5.41) is 3.16. The molecule has 0 aromatic heterocycles. The van der Waals surface area contributed by atoms with Gasteiger partial charge in [0.1, 0.15) is 0 Å². The van der Waals surface area contributed by atoms with Gasteiger partial charge in [0.25, 0.3) is 0 Å². The lowest BCUT2D eigenvalue weighted by Gasteiger charge is -2.22. The molecule has 1 N–H and O–H groups in total. The molecule has 0 aliphatic heterocycles. The predicted molar refractivity (Wildman–Crippen MR) is 59.1 cm³/mol. The van der Waals surface area contributed by atoms with Crippen LogP contribution in [0.1, 0.15) is 32.6 Å². The Morgan fingerprint density at radius 2 is 1.93 bits per heavy atom. The van der Waals surface area contributed by atoms with Gasteiger partial charge in [0.2, 0.25) is 0 Å². The third-order valence-electron chi connectivity index (χ3n) is 3.21. The van der Waals surface area contributed by atoms with E-state index >= 15 is 0 Å². The quantitative estimate of drug-likeness (QED) is 0.756. The fraction of sp³-hybridized carbons (Fsp3) is 1.00. The Morgan fingerprint density at radius 1 is 1.36 bits per heavy atom. The Morgan fingerprint density at radius 3 is 2.36 bits per heavy atom. The molecule has 0 spiro atoms. The van der Waals surface area contributed by atoms with Crippen LogP contribution >= 0.6 is 0 Å². The maximum atomic E-state index is 11.5. The maximum absolute atomic E-state index is 11.5. The van der Waals surface area contributed by atoms with Crippen LogP contribution in [0.3, 0.4) is 0 Å². The van der Waals surface area contributed by atoms with Crippen molar-refractivity contribution in [2.24, 2.45) is 5.92 Å². The molecule has 14 heavy (non-hydrogen) atoms. The van der Waals surface area contributed by atoms with Crippen LogP contribution in [0.25, 0.3) is 0 Å². The van der Waals surface area contributed by atoms with Crippen molar-refractivity contribution in [3.8, 4) is 0 Å². The first-order valence-corrected chi connectivity index (χ1v) is 7.29. The molecule has 4 heteroatoms. The van der Waals surface area contributed by atoms with Crippen molar-refractivity contribution in [2.75, 3.05) is 18.6 Å². The van der Waals surface area contributed by atoms with Gasteiger partial charge in [-0.2, -0.15) is 0 Å². The first-order chi connectivity index (χ1) is 6.59. The fourth-order valence-electron chi connectivity index (χ4n) is 2.21. The van der Waals surface area contributed by atoms with Crippen molar-refractivity contribution < 1.29 is 8.42 Å². The van der Waals surface area contributed by atoms with Crippen molar-refractivity contribution in [1.29, 1.82) is 0 Å². The average Bonchev–Trinajstić information content (AvgIpc) is 2.67.